The molecule has 0 radical (unpaired) electrons. The van der Waals surface area contributed by atoms with E-state index in [1.165, 1.54) is 109 Å². The highest BCUT2D eigenvalue weighted by atomic mass is 16.3. The molecule has 252 valence electrons. The van der Waals surface area contributed by atoms with Crippen molar-refractivity contribution in [1.29, 1.82) is 0 Å². The Morgan fingerprint density at radius 3 is 1.70 bits per heavy atom. The molecule has 9 aromatic rings. The van der Waals surface area contributed by atoms with Crippen LogP contribution < -0.4 is 0 Å². The Hall–Kier alpha value is -5.66. The molecule has 0 amide bonds. The molecular formula is C52H38O. The van der Waals surface area contributed by atoms with Gasteiger partial charge in [-0.2, -0.15) is 0 Å². The Balaban J connectivity index is 1.13. The lowest BCUT2D eigenvalue weighted by molar-refractivity contribution is -0.0399. The van der Waals surface area contributed by atoms with E-state index in [1.807, 2.05) is 0 Å². The van der Waals surface area contributed by atoms with Gasteiger partial charge in [-0.25, -0.2) is 0 Å². The second-order valence-corrected chi connectivity index (χ2v) is 16.8. The molecule has 0 aliphatic heterocycles. The number of hydrogen-bond donors (Lipinski definition) is 0. The predicted molar refractivity (Wildman–Crippen MR) is 220 cm³/mol. The number of rotatable bonds is 2. The Kier molecular flexibility index (Phi) is 5.59. The minimum atomic E-state index is 0.103. The summed E-state index contributed by atoms with van der Waals surface area (Å²) >= 11 is 0. The second-order valence-electron chi connectivity index (χ2n) is 16.8. The second kappa shape index (κ2) is 10.3. The Bertz CT molecular complexity index is 2940. The zero-order chi connectivity index (χ0) is 34.4. The van der Waals surface area contributed by atoms with Gasteiger partial charge in [0.15, 0.2) is 0 Å². The molecule has 4 bridgehead atoms. The highest BCUT2D eigenvalue weighted by molar-refractivity contribution is 6.24. The van der Waals surface area contributed by atoms with Gasteiger partial charge in [-0.15, -0.1) is 0 Å². The topological polar surface area (TPSA) is 13.1 Å². The number of benzene rings is 8. The van der Waals surface area contributed by atoms with E-state index in [1.54, 1.807) is 11.1 Å². The summed E-state index contributed by atoms with van der Waals surface area (Å²) in [5.74, 6) is 3.27. The standard InChI is InChI=1S/C52H38O/c1-2-11-36-32(10-1)21-23-45-50(36)51-43(17-9-18-44(51)52(45)34-25-30-24-31(27-34)28-35(52)26-30)49-41-15-5-3-13-39(41)48(40-14-4-6-16-42(40)49)33-20-22-38-37-12-7-8-19-46(37)53-47(38)29-33/h1-23,29-31,34-35H,24-28H2. The van der Waals surface area contributed by atoms with Gasteiger partial charge < -0.3 is 4.42 Å². The number of hydrogen-bond acceptors (Lipinski definition) is 1. The first-order valence-corrected chi connectivity index (χ1v) is 19.8. The van der Waals surface area contributed by atoms with E-state index in [0.29, 0.717) is 0 Å². The average molecular weight is 679 g/mol. The first kappa shape index (κ1) is 28.9. The van der Waals surface area contributed by atoms with E-state index in [2.05, 4.69) is 146 Å². The normalized spacial score (nSPS) is 23.9. The van der Waals surface area contributed by atoms with Crippen LogP contribution in [0.3, 0.4) is 0 Å². The smallest absolute Gasteiger partial charge is 0.136 e. The Morgan fingerprint density at radius 1 is 0.396 bits per heavy atom. The van der Waals surface area contributed by atoms with E-state index in [9.17, 15) is 0 Å². The molecule has 5 aliphatic rings. The van der Waals surface area contributed by atoms with Crippen LogP contribution in [0.15, 0.2) is 150 Å². The molecule has 4 saturated carbocycles. The van der Waals surface area contributed by atoms with E-state index >= 15 is 0 Å². The van der Waals surface area contributed by atoms with Gasteiger partial charge in [-0.1, -0.05) is 127 Å². The monoisotopic (exact) mass is 678 g/mol. The molecule has 0 N–H and O–H groups in total. The predicted octanol–water partition coefficient (Wildman–Crippen LogP) is 14.1. The molecule has 1 heteroatoms. The molecule has 0 unspecified atom stereocenters. The van der Waals surface area contributed by atoms with E-state index < -0.39 is 0 Å². The molecule has 5 aliphatic carbocycles. The lowest BCUT2D eigenvalue weighted by atomic mass is 9.43. The van der Waals surface area contributed by atoms with Gasteiger partial charge in [0, 0.05) is 16.2 Å². The van der Waals surface area contributed by atoms with Crippen LogP contribution in [0.5, 0.6) is 0 Å². The molecule has 53 heavy (non-hydrogen) atoms. The summed E-state index contributed by atoms with van der Waals surface area (Å²) in [4.78, 5) is 0. The summed E-state index contributed by atoms with van der Waals surface area (Å²) < 4.78 is 6.45. The maximum atomic E-state index is 6.45. The third kappa shape index (κ3) is 3.63. The molecule has 4 fully saturated rings. The van der Waals surface area contributed by atoms with Gasteiger partial charge in [0.05, 0.1) is 0 Å². The first-order chi connectivity index (χ1) is 26.3. The largest absolute Gasteiger partial charge is 0.456 e. The highest BCUT2D eigenvalue weighted by Gasteiger charge is 2.62. The van der Waals surface area contributed by atoms with Crippen LogP contribution in [0.25, 0.3) is 87.6 Å². The lowest BCUT2D eigenvalue weighted by Crippen LogP contribution is -2.55. The summed E-state index contributed by atoms with van der Waals surface area (Å²) in [5, 5.41) is 10.3. The van der Waals surface area contributed by atoms with Crippen molar-refractivity contribution in [3.8, 4) is 33.4 Å². The van der Waals surface area contributed by atoms with Crippen molar-refractivity contribution in [2.24, 2.45) is 23.7 Å². The third-order valence-electron chi connectivity index (χ3n) is 14.4. The van der Waals surface area contributed by atoms with E-state index in [4.69, 9.17) is 4.42 Å². The maximum Gasteiger partial charge on any atom is 0.136 e. The van der Waals surface area contributed by atoms with Gasteiger partial charge in [0.25, 0.3) is 0 Å². The molecule has 0 saturated heterocycles. The summed E-state index contributed by atoms with van der Waals surface area (Å²) in [6.45, 7) is 0. The van der Waals surface area contributed by atoms with Crippen LogP contribution in [0, 0.1) is 23.7 Å². The van der Waals surface area contributed by atoms with Crippen molar-refractivity contribution in [1.82, 2.24) is 0 Å². The third-order valence-corrected chi connectivity index (χ3v) is 14.4. The van der Waals surface area contributed by atoms with Crippen LogP contribution in [0.4, 0.5) is 0 Å². The van der Waals surface area contributed by atoms with Gasteiger partial charge in [0.2, 0.25) is 0 Å². The van der Waals surface area contributed by atoms with Crippen molar-refractivity contribution < 1.29 is 4.42 Å². The zero-order valence-electron chi connectivity index (χ0n) is 29.6. The Labute approximate surface area is 308 Å². The van der Waals surface area contributed by atoms with Crippen molar-refractivity contribution in [3.63, 3.8) is 0 Å². The molecule has 14 rings (SSSR count). The highest BCUT2D eigenvalue weighted by Crippen LogP contribution is 2.71. The van der Waals surface area contributed by atoms with Crippen LogP contribution in [0.2, 0.25) is 0 Å². The van der Waals surface area contributed by atoms with Gasteiger partial charge in [0.1, 0.15) is 11.2 Å². The maximum absolute atomic E-state index is 6.45. The van der Waals surface area contributed by atoms with Crippen LogP contribution in [0.1, 0.15) is 43.2 Å². The quantitative estimate of drug-likeness (QED) is 0.166. The summed E-state index contributed by atoms with van der Waals surface area (Å²) in [6.07, 6.45) is 7.02. The van der Waals surface area contributed by atoms with Crippen LogP contribution in [-0.4, -0.2) is 0 Å². The van der Waals surface area contributed by atoms with Crippen molar-refractivity contribution in [3.05, 3.63) is 157 Å². The number of para-hydroxylation sites is 1. The molecule has 8 aromatic carbocycles. The van der Waals surface area contributed by atoms with E-state index in [-0.39, 0.29) is 5.41 Å². The number of furan rings is 1. The van der Waals surface area contributed by atoms with Gasteiger partial charge in [-0.3, -0.25) is 0 Å². The van der Waals surface area contributed by atoms with Crippen molar-refractivity contribution in [2.75, 3.05) is 0 Å². The van der Waals surface area contributed by atoms with Crippen molar-refractivity contribution in [2.45, 2.75) is 37.5 Å². The lowest BCUT2D eigenvalue weighted by Gasteiger charge is -2.61. The average Bonchev–Trinajstić information content (AvgIpc) is 3.72. The summed E-state index contributed by atoms with van der Waals surface area (Å²) in [6, 6.07) is 55.1. The molecule has 1 nitrogen and oxygen atoms in total. The van der Waals surface area contributed by atoms with Crippen molar-refractivity contribution >= 4 is 54.3 Å². The fourth-order valence-electron chi connectivity index (χ4n) is 12.8. The van der Waals surface area contributed by atoms with E-state index in [0.717, 1.165) is 34.8 Å². The molecule has 1 aromatic heterocycles. The fourth-order valence-corrected chi connectivity index (χ4v) is 12.8. The molecule has 1 heterocycles. The summed E-state index contributed by atoms with van der Waals surface area (Å²) in [7, 11) is 0. The first-order valence-electron chi connectivity index (χ1n) is 19.8. The Morgan fingerprint density at radius 2 is 0.981 bits per heavy atom. The van der Waals surface area contributed by atoms with Crippen LogP contribution in [-0.2, 0) is 5.41 Å². The minimum absolute atomic E-state index is 0.103. The molecular weight excluding hydrogens is 641 g/mol. The molecule has 1 spiro atoms. The summed E-state index contributed by atoms with van der Waals surface area (Å²) in [5.41, 5.74) is 13.4. The fraction of sp³-hybridized carbons (Fsp3) is 0.192. The zero-order valence-corrected chi connectivity index (χ0v) is 29.6. The molecule has 0 atom stereocenters. The SMILES string of the molecule is c1cc(-c2c3ccccc3c(-c3ccc4c(c3)oc3ccccc34)c3ccccc23)c2c(c1)C1(c3ccc4ccccc4c3-2)C2CC3CC(C2)CC1C3. The van der Waals surface area contributed by atoms with Gasteiger partial charge >= 0.3 is 0 Å². The number of fused-ring (bicyclic) bond motifs is 10. The minimum Gasteiger partial charge on any atom is -0.456 e. The van der Waals surface area contributed by atoms with Crippen LogP contribution >= 0.6 is 0 Å². The van der Waals surface area contributed by atoms with Gasteiger partial charge in [-0.05, 0) is 151 Å².